The van der Waals surface area contributed by atoms with Crippen LogP contribution in [0.3, 0.4) is 0 Å². The predicted octanol–water partition coefficient (Wildman–Crippen LogP) is 4.38. The van der Waals surface area contributed by atoms with E-state index in [1.165, 1.54) is 49.3 Å². The molecule has 0 unspecified atom stereocenters. The maximum absolute atomic E-state index is 13.5. The van der Waals surface area contributed by atoms with Gasteiger partial charge in [0, 0.05) is 46.1 Å². The molecule has 37 heavy (non-hydrogen) atoms. The van der Waals surface area contributed by atoms with E-state index in [1.807, 2.05) is 0 Å². The predicted molar refractivity (Wildman–Crippen MR) is 137 cm³/mol. The van der Waals surface area contributed by atoms with Crippen molar-refractivity contribution in [3.8, 4) is 0 Å². The molecule has 15 heteroatoms. The fraction of sp³-hybridized carbons (Fsp3) is 0.0909. The second-order valence-electron chi connectivity index (χ2n) is 6.80. The van der Waals surface area contributed by atoms with Gasteiger partial charge in [-0.05, 0) is 57.8 Å². The number of aromatic nitrogens is 6. The maximum atomic E-state index is 13.5. The number of hydrogen-bond donors (Lipinski definition) is 3. The quantitative estimate of drug-likeness (QED) is 0.292. The van der Waals surface area contributed by atoms with Crippen LogP contribution in [0.4, 0.5) is 20.4 Å². The topological polar surface area (TPSA) is 170 Å². The van der Waals surface area contributed by atoms with Crippen LogP contribution in [0.5, 0.6) is 0 Å². The number of carbonyl (C=O) groups is 2. The third kappa shape index (κ3) is 9.89. The standard InChI is InChI=1S/C11H8BrFN4O.C6H6N2O2.C5H4BrFN2/c1-6-14-3-7(4-15-6)11(18)17-10-9(13)2-8(12)5-16-10;1-4-7-2-5(3-8-4)6(9)10;6-3-1-4(7)5(8)9-2-3/h2-5H,1H3,(H,16,17,18);2-3H,1H3,(H,9,10);1-2H,(H2,8,9). The van der Waals surface area contributed by atoms with Gasteiger partial charge >= 0.3 is 5.97 Å². The monoisotopic (exact) mass is 638 g/mol. The van der Waals surface area contributed by atoms with Gasteiger partial charge in [-0.2, -0.15) is 0 Å². The summed E-state index contributed by atoms with van der Waals surface area (Å²) in [5, 5.41) is 10.7. The summed E-state index contributed by atoms with van der Waals surface area (Å²) in [5.74, 6) is -1.70. The Morgan fingerprint density at radius 2 is 1.24 bits per heavy atom. The molecule has 4 aromatic rings. The number of carbonyl (C=O) groups excluding carboxylic acids is 1. The number of amides is 1. The van der Waals surface area contributed by atoms with Gasteiger partial charge in [-0.3, -0.25) is 4.79 Å². The first-order chi connectivity index (χ1) is 17.5. The minimum absolute atomic E-state index is 0.0711. The highest BCUT2D eigenvalue weighted by molar-refractivity contribution is 9.10. The van der Waals surface area contributed by atoms with E-state index >= 15 is 0 Å². The Balaban J connectivity index is 0.000000214. The number of halogens is 4. The van der Waals surface area contributed by atoms with Crippen molar-refractivity contribution in [1.82, 2.24) is 29.9 Å². The number of nitrogens with one attached hydrogen (secondary N) is 1. The van der Waals surface area contributed by atoms with Crippen LogP contribution in [0.2, 0.25) is 0 Å². The summed E-state index contributed by atoms with van der Waals surface area (Å²) in [5.41, 5.74) is 5.44. The highest BCUT2D eigenvalue weighted by atomic mass is 79.9. The molecule has 0 aromatic carbocycles. The van der Waals surface area contributed by atoms with E-state index in [9.17, 15) is 18.4 Å². The van der Waals surface area contributed by atoms with Gasteiger partial charge in [-0.25, -0.2) is 43.5 Å². The smallest absolute Gasteiger partial charge is 0.338 e. The number of nitrogen functional groups attached to an aromatic ring is 1. The van der Waals surface area contributed by atoms with E-state index in [1.54, 1.807) is 13.8 Å². The van der Waals surface area contributed by atoms with Crippen molar-refractivity contribution in [3.05, 3.63) is 92.7 Å². The van der Waals surface area contributed by atoms with Crippen molar-refractivity contribution in [2.45, 2.75) is 13.8 Å². The number of aromatic carboxylic acids is 1. The van der Waals surface area contributed by atoms with Crippen LogP contribution in [0.15, 0.2) is 58.3 Å². The molecule has 4 N–H and O–H groups in total. The Morgan fingerprint density at radius 3 is 1.68 bits per heavy atom. The number of nitrogens with two attached hydrogens (primary N) is 1. The number of anilines is 2. The van der Waals surface area contributed by atoms with E-state index < -0.39 is 23.5 Å². The molecule has 0 atom stereocenters. The molecule has 0 fully saturated rings. The summed E-state index contributed by atoms with van der Waals surface area (Å²) in [6, 6.07) is 2.48. The average Bonchev–Trinajstić information content (AvgIpc) is 2.85. The van der Waals surface area contributed by atoms with Crippen molar-refractivity contribution in [2.24, 2.45) is 0 Å². The Morgan fingerprint density at radius 1 is 0.784 bits per heavy atom. The van der Waals surface area contributed by atoms with Crippen molar-refractivity contribution in [1.29, 1.82) is 0 Å². The maximum Gasteiger partial charge on any atom is 0.338 e. The zero-order valence-corrected chi connectivity index (χ0v) is 22.3. The van der Waals surface area contributed by atoms with E-state index in [-0.39, 0.29) is 22.8 Å². The third-order valence-electron chi connectivity index (χ3n) is 3.95. The molecule has 0 radical (unpaired) electrons. The van der Waals surface area contributed by atoms with E-state index in [4.69, 9.17) is 10.8 Å². The highest BCUT2D eigenvalue weighted by Crippen LogP contribution is 2.16. The summed E-state index contributed by atoms with van der Waals surface area (Å²) in [7, 11) is 0. The zero-order chi connectivity index (χ0) is 27.5. The SMILES string of the molecule is Cc1ncc(C(=O)Nc2ncc(Br)cc2F)cn1.Cc1ncc(C(=O)O)cn1.Nc1ncc(Br)cc1F. The molecule has 0 bridgehead atoms. The number of carboxylic acids is 1. The molecular weight excluding hydrogens is 622 g/mol. The van der Waals surface area contributed by atoms with Gasteiger partial charge in [0.05, 0.1) is 11.1 Å². The number of rotatable bonds is 3. The van der Waals surface area contributed by atoms with Crippen LogP contribution >= 0.6 is 31.9 Å². The van der Waals surface area contributed by atoms with Gasteiger partial charge in [0.15, 0.2) is 23.3 Å². The van der Waals surface area contributed by atoms with Crippen LogP contribution in [-0.4, -0.2) is 46.9 Å². The lowest BCUT2D eigenvalue weighted by Gasteiger charge is -2.05. The highest BCUT2D eigenvalue weighted by Gasteiger charge is 2.11. The Labute approximate surface area is 225 Å². The normalized spacial score (nSPS) is 9.78. The molecule has 0 spiro atoms. The van der Waals surface area contributed by atoms with E-state index in [2.05, 4.69) is 67.1 Å². The molecule has 0 saturated heterocycles. The fourth-order valence-corrected chi connectivity index (χ4v) is 2.73. The molecule has 4 aromatic heterocycles. The summed E-state index contributed by atoms with van der Waals surface area (Å²) in [6.07, 6.45) is 8.14. The number of aryl methyl sites for hydroxylation is 2. The first kappa shape index (κ1) is 29.3. The van der Waals surface area contributed by atoms with Crippen LogP contribution in [0, 0.1) is 25.5 Å². The van der Waals surface area contributed by atoms with Crippen molar-refractivity contribution in [3.63, 3.8) is 0 Å². The minimum atomic E-state index is -1.000. The summed E-state index contributed by atoms with van der Waals surface area (Å²) >= 11 is 6.12. The van der Waals surface area contributed by atoms with Crippen LogP contribution in [0.25, 0.3) is 0 Å². The van der Waals surface area contributed by atoms with Crippen molar-refractivity contribution in [2.75, 3.05) is 11.1 Å². The third-order valence-corrected chi connectivity index (χ3v) is 4.81. The van der Waals surface area contributed by atoms with Gasteiger partial charge in [0.2, 0.25) is 0 Å². The average molecular weight is 640 g/mol. The summed E-state index contributed by atoms with van der Waals surface area (Å²) in [4.78, 5) is 44.5. The molecule has 0 saturated carbocycles. The molecule has 1 amide bonds. The first-order valence-electron chi connectivity index (χ1n) is 9.95. The Hall–Kier alpha value is -3.98. The van der Waals surface area contributed by atoms with Gasteiger partial charge < -0.3 is 16.2 Å². The lowest BCUT2D eigenvalue weighted by atomic mass is 10.3. The molecular formula is C22H18Br2F2N8O3. The van der Waals surface area contributed by atoms with Gasteiger partial charge in [-0.15, -0.1) is 0 Å². The Kier molecular flexibility index (Phi) is 11.0. The second-order valence-corrected chi connectivity index (χ2v) is 8.63. The second kappa shape index (κ2) is 13.9. The molecule has 4 rings (SSSR count). The van der Waals surface area contributed by atoms with Gasteiger partial charge in [0.1, 0.15) is 11.6 Å². The number of hydrogen-bond acceptors (Lipinski definition) is 9. The lowest BCUT2D eigenvalue weighted by molar-refractivity contribution is 0.0695. The molecule has 0 aliphatic rings. The van der Waals surface area contributed by atoms with Crippen LogP contribution < -0.4 is 11.1 Å². The summed E-state index contributed by atoms with van der Waals surface area (Å²) < 4.78 is 26.9. The summed E-state index contributed by atoms with van der Waals surface area (Å²) in [6.45, 7) is 3.41. The fourth-order valence-electron chi connectivity index (χ4n) is 2.12. The Bertz CT molecular complexity index is 1380. The van der Waals surface area contributed by atoms with Crippen molar-refractivity contribution < 1.29 is 23.5 Å². The number of carboxylic acid groups (broad SMARTS) is 1. The van der Waals surface area contributed by atoms with Gasteiger partial charge in [-0.1, -0.05) is 0 Å². The molecule has 11 nitrogen and oxygen atoms in total. The van der Waals surface area contributed by atoms with Crippen molar-refractivity contribution >= 4 is 55.4 Å². The lowest BCUT2D eigenvalue weighted by Crippen LogP contribution is -2.15. The van der Waals surface area contributed by atoms with Crippen LogP contribution in [-0.2, 0) is 0 Å². The molecule has 4 heterocycles. The van der Waals surface area contributed by atoms with E-state index in [0.717, 1.165) is 0 Å². The first-order valence-corrected chi connectivity index (χ1v) is 11.5. The molecule has 0 aliphatic carbocycles. The largest absolute Gasteiger partial charge is 0.478 e. The van der Waals surface area contributed by atoms with E-state index in [0.29, 0.717) is 20.6 Å². The molecule has 192 valence electrons. The molecule has 0 aliphatic heterocycles. The number of nitrogens with zero attached hydrogens (tertiary/aromatic N) is 6. The van der Waals surface area contributed by atoms with Gasteiger partial charge in [0.25, 0.3) is 5.91 Å². The minimum Gasteiger partial charge on any atom is -0.478 e. The number of pyridine rings is 2. The van der Waals surface area contributed by atoms with Crippen LogP contribution in [0.1, 0.15) is 32.4 Å². The zero-order valence-electron chi connectivity index (χ0n) is 19.2.